The Kier molecular flexibility index (Phi) is 5.16. The average molecular weight is 235 g/mol. The van der Waals surface area contributed by atoms with E-state index in [-0.39, 0.29) is 17.9 Å². The molecule has 94 valence electrons. The van der Waals surface area contributed by atoms with Crippen molar-refractivity contribution in [3.63, 3.8) is 0 Å². The minimum Gasteiger partial charge on any atom is -0.426 e. The molecule has 1 aromatic rings. The monoisotopic (exact) mass is 235 g/mol. The zero-order valence-electron chi connectivity index (χ0n) is 10.8. The molecule has 1 unspecified atom stereocenters. The maximum absolute atomic E-state index is 11.4. The minimum atomic E-state index is -0.201. The number of carbonyl (C=O) groups is 1. The Balaban J connectivity index is 2.53. The fourth-order valence-corrected chi connectivity index (χ4v) is 1.35. The average Bonchev–Trinajstić information content (AvgIpc) is 2.28. The lowest BCUT2D eigenvalue weighted by atomic mass is 10.1. The summed E-state index contributed by atoms with van der Waals surface area (Å²) in [6.07, 6.45) is 1.92. The molecule has 0 aliphatic heterocycles. The molecule has 0 amide bonds. The van der Waals surface area contributed by atoms with E-state index in [0.717, 1.165) is 12.8 Å². The molecule has 0 heterocycles. The van der Waals surface area contributed by atoms with E-state index in [1.54, 1.807) is 0 Å². The highest BCUT2D eigenvalue weighted by Gasteiger charge is 2.09. The van der Waals surface area contributed by atoms with Gasteiger partial charge in [-0.2, -0.15) is 0 Å². The van der Waals surface area contributed by atoms with Crippen molar-refractivity contribution in [2.24, 2.45) is 11.7 Å². The van der Waals surface area contributed by atoms with Gasteiger partial charge in [-0.05, 0) is 37.5 Å². The molecule has 0 aliphatic carbocycles. The van der Waals surface area contributed by atoms with E-state index < -0.39 is 0 Å². The van der Waals surface area contributed by atoms with Gasteiger partial charge in [0, 0.05) is 6.04 Å². The number of aryl methyl sites for hydroxylation is 1. The van der Waals surface area contributed by atoms with E-state index in [1.807, 2.05) is 45.0 Å². The van der Waals surface area contributed by atoms with E-state index in [9.17, 15) is 4.79 Å². The predicted octanol–water partition coefficient (Wildman–Crippen LogP) is 2.53. The summed E-state index contributed by atoms with van der Waals surface area (Å²) in [5.74, 6) is 0.300. The molecule has 0 bridgehead atoms. The Hall–Kier alpha value is -1.35. The second kappa shape index (κ2) is 6.40. The van der Waals surface area contributed by atoms with Crippen LogP contribution in [0, 0.1) is 5.92 Å². The normalized spacial score (nSPS) is 12.5. The van der Waals surface area contributed by atoms with Crippen molar-refractivity contribution in [3.8, 4) is 5.75 Å². The molecule has 3 heteroatoms. The van der Waals surface area contributed by atoms with Gasteiger partial charge in [0.25, 0.3) is 0 Å². The number of carbonyl (C=O) groups excluding carboxylic acids is 1. The minimum absolute atomic E-state index is 0.104. The van der Waals surface area contributed by atoms with Crippen LogP contribution < -0.4 is 10.5 Å². The van der Waals surface area contributed by atoms with Crippen molar-refractivity contribution in [1.29, 1.82) is 0 Å². The quantitative estimate of drug-likeness (QED) is 0.630. The van der Waals surface area contributed by atoms with Gasteiger partial charge in [0.2, 0.25) is 0 Å². The van der Waals surface area contributed by atoms with Crippen LogP contribution in [0.5, 0.6) is 5.75 Å². The number of esters is 1. The fraction of sp³-hybridized carbons (Fsp3) is 0.500. The molecule has 0 radical (unpaired) electrons. The van der Waals surface area contributed by atoms with Crippen LogP contribution in [-0.2, 0) is 11.2 Å². The third-order valence-electron chi connectivity index (χ3n) is 2.50. The molecule has 1 atom stereocenters. The number of benzene rings is 1. The van der Waals surface area contributed by atoms with E-state index in [1.165, 1.54) is 5.56 Å². The molecule has 1 rings (SSSR count). The van der Waals surface area contributed by atoms with Gasteiger partial charge in [-0.25, -0.2) is 0 Å². The summed E-state index contributed by atoms with van der Waals surface area (Å²) >= 11 is 0. The number of ether oxygens (including phenoxy) is 1. The van der Waals surface area contributed by atoms with Crippen molar-refractivity contribution >= 4 is 5.97 Å². The van der Waals surface area contributed by atoms with Gasteiger partial charge in [-0.15, -0.1) is 0 Å². The maximum atomic E-state index is 11.4. The third-order valence-corrected chi connectivity index (χ3v) is 2.50. The Labute approximate surface area is 103 Å². The van der Waals surface area contributed by atoms with Crippen molar-refractivity contribution in [3.05, 3.63) is 29.8 Å². The fourth-order valence-electron chi connectivity index (χ4n) is 1.35. The zero-order valence-corrected chi connectivity index (χ0v) is 10.8. The summed E-state index contributed by atoms with van der Waals surface area (Å²) in [5.41, 5.74) is 6.91. The van der Waals surface area contributed by atoms with Crippen LogP contribution in [0.25, 0.3) is 0 Å². The van der Waals surface area contributed by atoms with Crippen LogP contribution in [0.3, 0.4) is 0 Å². The van der Waals surface area contributed by atoms with Gasteiger partial charge < -0.3 is 10.5 Å². The van der Waals surface area contributed by atoms with Crippen LogP contribution in [0.2, 0.25) is 0 Å². The molecule has 0 fully saturated rings. The van der Waals surface area contributed by atoms with E-state index in [2.05, 4.69) is 0 Å². The highest BCUT2D eigenvalue weighted by molar-refractivity contribution is 5.74. The predicted molar refractivity (Wildman–Crippen MR) is 68.9 cm³/mol. The lowest BCUT2D eigenvalue weighted by Crippen LogP contribution is -2.15. The molecule has 2 N–H and O–H groups in total. The van der Waals surface area contributed by atoms with Crippen molar-refractivity contribution in [2.75, 3.05) is 0 Å². The molecule has 0 spiro atoms. The molecular formula is C14H21NO2. The van der Waals surface area contributed by atoms with Gasteiger partial charge in [-0.1, -0.05) is 26.0 Å². The summed E-state index contributed by atoms with van der Waals surface area (Å²) in [6.45, 7) is 5.64. The van der Waals surface area contributed by atoms with Crippen LogP contribution in [0.1, 0.15) is 32.8 Å². The molecule has 1 aromatic carbocycles. The largest absolute Gasteiger partial charge is 0.426 e. The Morgan fingerprint density at radius 1 is 1.24 bits per heavy atom. The summed E-state index contributed by atoms with van der Waals surface area (Å²) in [6, 6.07) is 7.83. The standard InChI is InChI=1S/C14H21NO2/c1-10(2)14(16)17-13-8-6-12(7-9-13)5-4-11(3)15/h6-11H,4-5,15H2,1-3H3. The molecule has 0 saturated heterocycles. The highest BCUT2D eigenvalue weighted by atomic mass is 16.5. The van der Waals surface area contributed by atoms with Crippen LogP contribution in [-0.4, -0.2) is 12.0 Å². The van der Waals surface area contributed by atoms with Gasteiger partial charge in [0.15, 0.2) is 0 Å². The summed E-state index contributed by atoms with van der Waals surface area (Å²) in [7, 11) is 0. The maximum Gasteiger partial charge on any atom is 0.313 e. The summed E-state index contributed by atoms with van der Waals surface area (Å²) in [4.78, 5) is 11.4. The smallest absolute Gasteiger partial charge is 0.313 e. The van der Waals surface area contributed by atoms with E-state index in [0.29, 0.717) is 5.75 Å². The van der Waals surface area contributed by atoms with E-state index in [4.69, 9.17) is 10.5 Å². The lowest BCUT2D eigenvalue weighted by Gasteiger charge is -2.08. The number of rotatable bonds is 5. The first kappa shape index (κ1) is 13.7. The Morgan fingerprint density at radius 3 is 2.29 bits per heavy atom. The third kappa shape index (κ3) is 5.00. The first-order valence-corrected chi connectivity index (χ1v) is 6.05. The molecule has 0 saturated carbocycles. The molecule has 0 aliphatic rings. The molecule has 3 nitrogen and oxygen atoms in total. The summed E-state index contributed by atoms with van der Waals surface area (Å²) < 4.78 is 5.19. The Bertz CT molecular complexity index is 355. The number of hydrogen-bond acceptors (Lipinski definition) is 3. The zero-order chi connectivity index (χ0) is 12.8. The highest BCUT2D eigenvalue weighted by Crippen LogP contribution is 2.15. The first-order valence-electron chi connectivity index (χ1n) is 6.05. The lowest BCUT2D eigenvalue weighted by molar-refractivity contribution is -0.137. The van der Waals surface area contributed by atoms with Gasteiger partial charge in [-0.3, -0.25) is 4.79 Å². The van der Waals surface area contributed by atoms with Crippen molar-refractivity contribution in [1.82, 2.24) is 0 Å². The number of nitrogens with two attached hydrogens (primary N) is 1. The second-order valence-corrected chi connectivity index (χ2v) is 4.74. The van der Waals surface area contributed by atoms with Gasteiger partial charge in [0.05, 0.1) is 5.92 Å². The molecular weight excluding hydrogens is 214 g/mol. The van der Waals surface area contributed by atoms with E-state index >= 15 is 0 Å². The first-order chi connectivity index (χ1) is 7.99. The number of hydrogen-bond donors (Lipinski definition) is 1. The van der Waals surface area contributed by atoms with Crippen LogP contribution >= 0.6 is 0 Å². The topological polar surface area (TPSA) is 52.3 Å². The summed E-state index contributed by atoms with van der Waals surface area (Å²) in [5, 5.41) is 0. The van der Waals surface area contributed by atoms with Crippen molar-refractivity contribution < 1.29 is 9.53 Å². The molecule has 17 heavy (non-hydrogen) atoms. The van der Waals surface area contributed by atoms with Gasteiger partial charge >= 0.3 is 5.97 Å². The van der Waals surface area contributed by atoms with Crippen molar-refractivity contribution in [2.45, 2.75) is 39.7 Å². The Morgan fingerprint density at radius 2 is 1.82 bits per heavy atom. The SMILES string of the molecule is CC(N)CCc1ccc(OC(=O)C(C)C)cc1. The van der Waals surface area contributed by atoms with Crippen LogP contribution in [0.4, 0.5) is 0 Å². The van der Waals surface area contributed by atoms with Crippen LogP contribution in [0.15, 0.2) is 24.3 Å². The van der Waals surface area contributed by atoms with Gasteiger partial charge in [0.1, 0.15) is 5.75 Å². The molecule has 0 aromatic heterocycles. The second-order valence-electron chi connectivity index (χ2n) is 4.74.